The minimum atomic E-state index is 0. The summed E-state index contributed by atoms with van der Waals surface area (Å²) in [5, 5.41) is 20.1. The van der Waals surface area contributed by atoms with Crippen LogP contribution in [0.4, 0.5) is 0 Å². The average molecular weight is 473 g/mol. The van der Waals surface area contributed by atoms with Crippen LogP contribution in [0.15, 0.2) is 83.3 Å². The summed E-state index contributed by atoms with van der Waals surface area (Å²) in [7, 11) is 0. The van der Waals surface area contributed by atoms with Crippen molar-refractivity contribution in [2.24, 2.45) is 15.9 Å². The zero-order chi connectivity index (χ0) is 18.2. The van der Waals surface area contributed by atoms with Crippen molar-refractivity contribution >= 4 is 36.2 Å². The van der Waals surface area contributed by atoms with Crippen molar-refractivity contribution in [3.05, 3.63) is 84.2 Å². The molecule has 0 atom stereocenters. The maximum Gasteiger partial charge on any atom is 0.214 e. The van der Waals surface area contributed by atoms with Gasteiger partial charge in [-0.2, -0.15) is 5.10 Å². The van der Waals surface area contributed by atoms with E-state index >= 15 is 0 Å². The molecular formula is C20H20IN5O. The smallest absolute Gasteiger partial charge is 0.214 e. The van der Waals surface area contributed by atoms with Gasteiger partial charge < -0.3 is 16.2 Å². The number of hydrogen-bond donors (Lipinski definition) is 3. The van der Waals surface area contributed by atoms with E-state index in [1.54, 1.807) is 30.7 Å². The number of benzene rings is 2. The third-order valence-corrected chi connectivity index (χ3v) is 3.71. The van der Waals surface area contributed by atoms with Crippen molar-refractivity contribution in [1.82, 2.24) is 10.3 Å². The second kappa shape index (κ2) is 10.3. The second-order valence-electron chi connectivity index (χ2n) is 5.61. The Labute approximate surface area is 174 Å². The Morgan fingerprint density at radius 2 is 1.59 bits per heavy atom. The van der Waals surface area contributed by atoms with Crippen molar-refractivity contribution < 1.29 is 5.11 Å². The van der Waals surface area contributed by atoms with E-state index in [1.165, 1.54) is 0 Å². The molecule has 0 unspecified atom stereocenters. The van der Waals surface area contributed by atoms with Crippen molar-refractivity contribution in [1.29, 1.82) is 0 Å². The monoisotopic (exact) mass is 473 g/mol. The zero-order valence-electron chi connectivity index (χ0n) is 14.5. The van der Waals surface area contributed by atoms with E-state index < -0.39 is 0 Å². The number of halogens is 1. The summed E-state index contributed by atoms with van der Waals surface area (Å²) in [4.78, 5) is 4.02. The summed E-state index contributed by atoms with van der Waals surface area (Å²) >= 11 is 0. The molecule has 6 nitrogen and oxygen atoms in total. The summed E-state index contributed by atoms with van der Waals surface area (Å²) in [5.74, 6) is 0.456. The van der Waals surface area contributed by atoms with Crippen LogP contribution in [0, 0.1) is 0 Å². The molecule has 0 aliphatic rings. The Hall–Kier alpha value is -2.94. The average Bonchev–Trinajstić information content (AvgIpc) is 2.69. The molecule has 0 spiro atoms. The van der Waals surface area contributed by atoms with E-state index in [1.807, 2.05) is 48.5 Å². The number of nitrogens with zero attached hydrogens (tertiary/aromatic N) is 3. The maximum atomic E-state index is 9.25. The summed E-state index contributed by atoms with van der Waals surface area (Å²) in [6.45, 7) is 0.506. The molecular weight excluding hydrogens is 453 g/mol. The van der Waals surface area contributed by atoms with Crippen LogP contribution in [0.5, 0.6) is 5.75 Å². The van der Waals surface area contributed by atoms with Gasteiger partial charge >= 0.3 is 0 Å². The Morgan fingerprint density at radius 3 is 2.26 bits per heavy atom. The van der Waals surface area contributed by atoms with Crippen molar-refractivity contribution in [3.63, 3.8) is 0 Å². The van der Waals surface area contributed by atoms with Crippen LogP contribution in [0.25, 0.3) is 11.1 Å². The minimum Gasteiger partial charge on any atom is -0.508 e. The second-order valence-corrected chi connectivity index (χ2v) is 5.61. The number of aromatic hydroxyl groups is 1. The molecule has 0 aliphatic carbocycles. The van der Waals surface area contributed by atoms with Gasteiger partial charge in [-0.1, -0.05) is 36.4 Å². The first kappa shape index (κ1) is 20.4. The van der Waals surface area contributed by atoms with E-state index in [4.69, 9.17) is 5.73 Å². The van der Waals surface area contributed by atoms with E-state index in [9.17, 15) is 5.11 Å². The molecule has 0 aliphatic heterocycles. The van der Waals surface area contributed by atoms with Crippen molar-refractivity contribution in [3.8, 4) is 16.9 Å². The molecule has 27 heavy (non-hydrogen) atoms. The van der Waals surface area contributed by atoms with Crippen LogP contribution >= 0.6 is 24.0 Å². The highest BCUT2D eigenvalue weighted by Crippen LogP contribution is 2.18. The topological polar surface area (TPSA) is 95.9 Å². The van der Waals surface area contributed by atoms with Gasteiger partial charge in [0, 0.05) is 18.9 Å². The summed E-state index contributed by atoms with van der Waals surface area (Å²) < 4.78 is 0. The molecule has 0 fully saturated rings. The first-order valence-electron chi connectivity index (χ1n) is 8.09. The number of aromatic nitrogens is 1. The molecule has 138 valence electrons. The van der Waals surface area contributed by atoms with Crippen LogP contribution in [0.2, 0.25) is 0 Å². The molecule has 3 aromatic rings. The maximum absolute atomic E-state index is 9.25. The first-order chi connectivity index (χ1) is 12.7. The number of hydrogen-bond acceptors (Lipinski definition) is 4. The van der Waals surface area contributed by atoms with Gasteiger partial charge in [0.25, 0.3) is 0 Å². The number of phenols is 1. The lowest BCUT2D eigenvalue weighted by Crippen LogP contribution is -2.30. The highest BCUT2D eigenvalue weighted by Gasteiger charge is 1.97. The minimum absolute atomic E-state index is 0. The van der Waals surface area contributed by atoms with Gasteiger partial charge in [-0.15, -0.1) is 29.1 Å². The molecule has 0 saturated heterocycles. The summed E-state index contributed by atoms with van der Waals surface area (Å²) in [6, 6.07) is 18.8. The fourth-order valence-corrected chi connectivity index (χ4v) is 2.31. The molecule has 7 heteroatoms. The third kappa shape index (κ3) is 6.37. The number of rotatable bonds is 5. The van der Waals surface area contributed by atoms with Gasteiger partial charge in [0.15, 0.2) is 0 Å². The lowest BCUT2D eigenvalue weighted by molar-refractivity contribution is 0.475. The van der Waals surface area contributed by atoms with Gasteiger partial charge in [0.1, 0.15) is 5.75 Å². The fraction of sp³-hybridized carbons (Fsp3) is 0.0500. The molecule has 1 aromatic heterocycles. The summed E-state index contributed by atoms with van der Waals surface area (Å²) in [5.41, 5.74) is 9.93. The van der Waals surface area contributed by atoms with E-state index in [-0.39, 0.29) is 35.7 Å². The van der Waals surface area contributed by atoms with Crippen molar-refractivity contribution in [2.75, 3.05) is 0 Å². The number of phenolic OH excluding ortho intramolecular Hbond substituents is 1. The number of pyridine rings is 1. The van der Waals surface area contributed by atoms with Gasteiger partial charge in [0.2, 0.25) is 5.96 Å². The van der Waals surface area contributed by atoms with Gasteiger partial charge in [-0.25, -0.2) is 0 Å². The van der Waals surface area contributed by atoms with Crippen LogP contribution in [-0.4, -0.2) is 22.3 Å². The Kier molecular flexibility index (Phi) is 7.75. The highest BCUT2D eigenvalue weighted by atomic mass is 127. The standard InChI is InChI=1S/C20H19N5O.HI/c21-20(23-13-15-3-7-19(26)8-4-15)25-24-14-16-1-5-17(6-2-16)18-9-11-22-12-10-18;/h1-12,14,26H,13H2,(H3,21,23,25);1H. The molecule has 4 N–H and O–H groups in total. The molecule has 0 bridgehead atoms. The number of nitrogens with two attached hydrogens (primary N) is 1. The quantitative estimate of drug-likeness (QED) is 0.229. The Bertz CT molecular complexity index is 894. The fourth-order valence-electron chi connectivity index (χ4n) is 2.31. The largest absolute Gasteiger partial charge is 0.508 e. The van der Waals surface area contributed by atoms with Crippen LogP contribution < -0.4 is 11.1 Å². The van der Waals surface area contributed by atoms with Crippen molar-refractivity contribution in [2.45, 2.75) is 6.54 Å². The number of guanidine groups is 1. The zero-order valence-corrected chi connectivity index (χ0v) is 16.8. The number of nitrogens with one attached hydrogen (secondary N) is 1. The molecule has 0 saturated carbocycles. The van der Waals surface area contributed by atoms with Gasteiger partial charge in [0.05, 0.1) is 6.21 Å². The lowest BCUT2D eigenvalue weighted by Gasteiger charge is -2.04. The van der Waals surface area contributed by atoms with Gasteiger partial charge in [-0.05, 0) is 46.5 Å². The predicted molar refractivity (Wildman–Crippen MR) is 119 cm³/mol. The molecule has 2 aromatic carbocycles. The Balaban J connectivity index is 0.00000261. The van der Waals surface area contributed by atoms with Crippen LogP contribution in [0.3, 0.4) is 0 Å². The SMILES string of the molecule is I.NC(=NN=Cc1ccc(-c2ccncc2)cc1)NCc1ccc(O)cc1. The summed E-state index contributed by atoms with van der Waals surface area (Å²) in [6.07, 6.45) is 5.19. The first-order valence-corrected chi connectivity index (χ1v) is 8.09. The predicted octanol–water partition coefficient (Wildman–Crippen LogP) is 3.51. The third-order valence-electron chi connectivity index (χ3n) is 3.71. The van der Waals surface area contributed by atoms with Crippen LogP contribution in [-0.2, 0) is 6.54 Å². The van der Waals surface area contributed by atoms with Gasteiger partial charge in [-0.3, -0.25) is 4.98 Å². The molecule has 1 heterocycles. The lowest BCUT2D eigenvalue weighted by atomic mass is 10.1. The molecule has 0 amide bonds. The van der Waals surface area contributed by atoms with E-state index in [2.05, 4.69) is 20.5 Å². The Morgan fingerprint density at radius 1 is 0.963 bits per heavy atom. The van der Waals surface area contributed by atoms with E-state index in [0.29, 0.717) is 6.54 Å². The van der Waals surface area contributed by atoms with Crippen LogP contribution in [0.1, 0.15) is 11.1 Å². The highest BCUT2D eigenvalue weighted by molar-refractivity contribution is 14.0. The molecule has 0 radical (unpaired) electrons. The molecule has 3 rings (SSSR count). The van der Waals surface area contributed by atoms with E-state index in [0.717, 1.165) is 22.3 Å². The normalized spacial score (nSPS) is 11.2.